The summed E-state index contributed by atoms with van der Waals surface area (Å²) in [6.07, 6.45) is -8.58. The molecular weight excluding hydrogens is 440 g/mol. The van der Waals surface area contributed by atoms with Gasteiger partial charge in [0, 0.05) is 12.1 Å². The molecule has 0 aliphatic carbocycles. The van der Waals surface area contributed by atoms with Crippen LogP contribution in [0.4, 0.5) is 0 Å². The number of rotatable bonds is 5. The summed E-state index contributed by atoms with van der Waals surface area (Å²) in [6, 6.07) is 6.93. The van der Waals surface area contributed by atoms with Crippen LogP contribution in [0.5, 0.6) is 28.7 Å². The number of hydrogen-bond acceptors (Lipinski definition) is 11. The highest BCUT2D eigenvalue weighted by Crippen LogP contribution is 2.44. The monoisotopic (exact) mass is 464 g/mol. The quantitative estimate of drug-likeness (QED) is 0.351. The molecule has 0 radical (unpaired) electrons. The van der Waals surface area contributed by atoms with E-state index in [0.717, 1.165) is 6.07 Å². The molecule has 0 spiro atoms. The van der Waals surface area contributed by atoms with E-state index < -0.39 is 49.2 Å². The van der Waals surface area contributed by atoms with Gasteiger partial charge in [-0.3, -0.25) is 4.79 Å². The molecule has 0 aromatic heterocycles. The molecule has 2 aliphatic rings. The average Bonchev–Trinajstić information content (AvgIpc) is 2.78. The molecule has 4 rings (SSSR count). The average molecular weight is 464 g/mol. The van der Waals surface area contributed by atoms with Crippen LogP contribution in [0.15, 0.2) is 30.3 Å². The first-order valence-corrected chi connectivity index (χ1v) is 10.1. The van der Waals surface area contributed by atoms with E-state index in [1.165, 1.54) is 25.3 Å². The minimum absolute atomic E-state index is 0.00569. The van der Waals surface area contributed by atoms with Gasteiger partial charge >= 0.3 is 0 Å². The Hall–Kier alpha value is -3.09. The molecular formula is C22H24O11. The molecule has 1 fully saturated rings. The second-order valence-electron chi connectivity index (χ2n) is 7.80. The van der Waals surface area contributed by atoms with Gasteiger partial charge in [-0.25, -0.2) is 0 Å². The summed E-state index contributed by atoms with van der Waals surface area (Å²) in [5.74, 6) is -0.745. The Balaban J connectivity index is 1.63. The number of Topliss-reactive ketones (excluding diaryl/α,β-unsaturated/α-hetero) is 1. The van der Waals surface area contributed by atoms with Gasteiger partial charge in [-0.15, -0.1) is 0 Å². The first-order valence-electron chi connectivity index (χ1n) is 10.1. The first kappa shape index (κ1) is 23.1. The Morgan fingerprint density at radius 3 is 2.45 bits per heavy atom. The van der Waals surface area contributed by atoms with Gasteiger partial charge in [0.2, 0.25) is 6.29 Å². The van der Waals surface area contributed by atoms with Gasteiger partial charge in [0.1, 0.15) is 53.3 Å². The van der Waals surface area contributed by atoms with Crippen LogP contribution in [0, 0.1) is 0 Å². The van der Waals surface area contributed by atoms with Gasteiger partial charge in [-0.05, 0) is 17.7 Å². The van der Waals surface area contributed by atoms with Crippen LogP contribution in [0.2, 0.25) is 0 Å². The molecule has 0 amide bonds. The van der Waals surface area contributed by atoms with Gasteiger partial charge in [-0.2, -0.15) is 0 Å². The molecule has 1 saturated heterocycles. The molecule has 2 aliphatic heterocycles. The second-order valence-corrected chi connectivity index (χ2v) is 7.80. The first-order chi connectivity index (χ1) is 15.7. The molecule has 0 bridgehead atoms. The topological polar surface area (TPSA) is 175 Å². The van der Waals surface area contributed by atoms with Crippen LogP contribution in [0.3, 0.4) is 0 Å². The highest BCUT2D eigenvalue weighted by Gasteiger charge is 2.45. The van der Waals surface area contributed by atoms with Crippen LogP contribution in [0.1, 0.15) is 28.4 Å². The Morgan fingerprint density at radius 1 is 1.03 bits per heavy atom. The minimum Gasteiger partial charge on any atom is -0.508 e. The van der Waals surface area contributed by atoms with Crippen molar-refractivity contribution in [2.75, 3.05) is 13.7 Å². The van der Waals surface area contributed by atoms with E-state index in [1.807, 2.05) is 0 Å². The maximum absolute atomic E-state index is 13.0. The van der Waals surface area contributed by atoms with Gasteiger partial charge in [0.05, 0.1) is 20.1 Å². The van der Waals surface area contributed by atoms with E-state index in [9.17, 15) is 35.4 Å². The Bertz CT molecular complexity index is 1040. The van der Waals surface area contributed by atoms with Crippen LogP contribution >= 0.6 is 0 Å². The minimum atomic E-state index is -1.70. The number of phenolic OH excluding ortho intramolecular Hbond substituents is 2. The number of aromatic hydroxyl groups is 2. The Kier molecular flexibility index (Phi) is 6.32. The van der Waals surface area contributed by atoms with E-state index in [2.05, 4.69) is 0 Å². The maximum atomic E-state index is 13.0. The summed E-state index contributed by atoms with van der Waals surface area (Å²) in [6.45, 7) is -0.651. The molecule has 0 unspecified atom stereocenters. The standard InChI is InChI=1S/C22H24O11/c1-30-13-3-2-9(4-11(13)25)14-7-12(26)18-15(31-14)5-10(24)6-16(18)32-22-21(29)20(28)19(27)17(8-23)33-22/h2-6,14,17,19-25,27-29H,7-8H2,1H3/t14-,17+,19-,20-,21-,22-/m1/s1. The fourth-order valence-corrected chi connectivity index (χ4v) is 3.89. The van der Waals surface area contributed by atoms with E-state index >= 15 is 0 Å². The predicted octanol–water partition coefficient (Wildman–Crippen LogP) is -0.00840. The molecule has 2 aromatic carbocycles. The molecule has 11 heteroatoms. The van der Waals surface area contributed by atoms with Crippen molar-refractivity contribution in [2.24, 2.45) is 0 Å². The number of ether oxygens (including phenoxy) is 4. The zero-order valence-corrected chi connectivity index (χ0v) is 17.5. The maximum Gasteiger partial charge on any atom is 0.229 e. The van der Waals surface area contributed by atoms with Crippen molar-refractivity contribution in [3.05, 3.63) is 41.5 Å². The van der Waals surface area contributed by atoms with E-state index in [0.29, 0.717) is 5.56 Å². The molecule has 6 N–H and O–H groups in total. The second kappa shape index (κ2) is 9.04. The van der Waals surface area contributed by atoms with Gasteiger partial charge in [-0.1, -0.05) is 6.07 Å². The highest BCUT2D eigenvalue weighted by atomic mass is 16.7. The van der Waals surface area contributed by atoms with Crippen molar-refractivity contribution < 1.29 is 54.4 Å². The summed E-state index contributed by atoms with van der Waals surface area (Å²) in [7, 11) is 1.41. The number of ketones is 1. The van der Waals surface area contributed by atoms with Crippen molar-refractivity contribution in [2.45, 2.75) is 43.2 Å². The number of carbonyl (C=O) groups excluding carboxylic acids is 1. The fraction of sp³-hybridized carbons (Fsp3) is 0.409. The van der Waals surface area contributed by atoms with E-state index in [-0.39, 0.29) is 40.7 Å². The number of aliphatic hydroxyl groups is 4. The lowest BCUT2D eigenvalue weighted by atomic mass is 9.95. The van der Waals surface area contributed by atoms with Crippen LogP contribution in [-0.4, -0.2) is 80.8 Å². The molecule has 33 heavy (non-hydrogen) atoms. The lowest BCUT2D eigenvalue weighted by Crippen LogP contribution is -2.60. The Labute approximate surface area is 188 Å². The summed E-state index contributed by atoms with van der Waals surface area (Å²) in [5, 5.41) is 59.7. The molecule has 6 atom stereocenters. The SMILES string of the molecule is COc1ccc([C@H]2CC(=O)c3c(O[C@@H]4O[C@@H](CO)[C@@H](O)[C@@H](O)[C@H]4O)cc(O)cc3O2)cc1O. The zero-order chi connectivity index (χ0) is 23.9. The summed E-state index contributed by atoms with van der Waals surface area (Å²) < 4.78 is 21.8. The number of phenols is 2. The summed E-state index contributed by atoms with van der Waals surface area (Å²) >= 11 is 0. The lowest BCUT2D eigenvalue weighted by Gasteiger charge is -2.40. The Morgan fingerprint density at radius 2 is 1.79 bits per heavy atom. The number of carbonyl (C=O) groups is 1. The van der Waals surface area contributed by atoms with E-state index in [1.54, 1.807) is 6.07 Å². The van der Waals surface area contributed by atoms with E-state index in [4.69, 9.17) is 18.9 Å². The van der Waals surface area contributed by atoms with Crippen molar-refractivity contribution in [1.29, 1.82) is 0 Å². The molecule has 2 heterocycles. The summed E-state index contributed by atoms with van der Waals surface area (Å²) in [5.41, 5.74) is 0.491. The molecule has 178 valence electrons. The van der Waals surface area contributed by atoms with Gasteiger partial charge < -0.3 is 49.6 Å². The number of fused-ring (bicyclic) bond motifs is 1. The van der Waals surface area contributed by atoms with Crippen LogP contribution in [-0.2, 0) is 4.74 Å². The molecule has 11 nitrogen and oxygen atoms in total. The third-order valence-electron chi connectivity index (χ3n) is 5.64. The molecule has 2 aromatic rings. The smallest absolute Gasteiger partial charge is 0.229 e. The van der Waals surface area contributed by atoms with Crippen molar-refractivity contribution in [3.8, 4) is 28.7 Å². The normalized spacial score (nSPS) is 29.2. The number of hydrogen-bond donors (Lipinski definition) is 6. The van der Waals surface area contributed by atoms with Crippen molar-refractivity contribution in [1.82, 2.24) is 0 Å². The third kappa shape index (κ3) is 4.28. The van der Waals surface area contributed by atoms with Crippen LogP contribution < -0.4 is 14.2 Å². The highest BCUT2D eigenvalue weighted by molar-refractivity contribution is 6.02. The lowest BCUT2D eigenvalue weighted by molar-refractivity contribution is -0.277. The fourth-order valence-electron chi connectivity index (χ4n) is 3.89. The van der Waals surface area contributed by atoms with Crippen molar-refractivity contribution in [3.63, 3.8) is 0 Å². The largest absolute Gasteiger partial charge is 0.508 e. The van der Waals surface area contributed by atoms with Crippen LogP contribution in [0.25, 0.3) is 0 Å². The zero-order valence-electron chi connectivity index (χ0n) is 17.5. The predicted molar refractivity (Wildman–Crippen MR) is 109 cm³/mol. The van der Waals surface area contributed by atoms with Crippen molar-refractivity contribution >= 4 is 5.78 Å². The number of benzene rings is 2. The third-order valence-corrected chi connectivity index (χ3v) is 5.64. The van der Waals surface area contributed by atoms with Gasteiger partial charge in [0.25, 0.3) is 0 Å². The number of aliphatic hydroxyl groups excluding tert-OH is 4. The number of methoxy groups -OCH3 is 1. The van der Waals surface area contributed by atoms with Gasteiger partial charge in [0.15, 0.2) is 17.3 Å². The summed E-state index contributed by atoms with van der Waals surface area (Å²) in [4.78, 5) is 13.0. The molecule has 0 saturated carbocycles.